The number of methoxy groups -OCH3 is 2. The van der Waals surface area contributed by atoms with Crippen LogP contribution in [0.4, 0.5) is 0 Å². The lowest BCUT2D eigenvalue weighted by Crippen LogP contribution is -2.47. The Kier molecular flexibility index (Phi) is 7.43. The number of fused-ring (bicyclic) bond motifs is 2. The molecule has 5 atom stereocenters. The summed E-state index contributed by atoms with van der Waals surface area (Å²) in [5.74, 6) is 1.11. The Bertz CT molecular complexity index is 1180. The number of ether oxygens (including phenoxy) is 4. The summed E-state index contributed by atoms with van der Waals surface area (Å²) in [6, 6.07) is 25.5. The van der Waals surface area contributed by atoms with Gasteiger partial charge in [-0.15, -0.1) is 0 Å². The Morgan fingerprint density at radius 3 is 1.74 bits per heavy atom. The van der Waals surface area contributed by atoms with Crippen LogP contribution in [0.2, 0.25) is 0 Å². The van der Waals surface area contributed by atoms with Gasteiger partial charge in [-0.25, -0.2) is 0 Å². The van der Waals surface area contributed by atoms with Crippen molar-refractivity contribution in [3.63, 3.8) is 0 Å². The van der Waals surface area contributed by atoms with E-state index < -0.39 is 23.9 Å². The highest BCUT2D eigenvalue weighted by Crippen LogP contribution is 2.47. The van der Waals surface area contributed by atoms with E-state index in [9.17, 15) is 9.90 Å². The Morgan fingerprint density at radius 1 is 0.789 bits per heavy atom. The molecule has 5 rings (SSSR count). The molecule has 0 aliphatic carbocycles. The number of hydrogen-bond donors (Lipinski definition) is 1. The molecule has 1 N–H and O–H groups in total. The van der Waals surface area contributed by atoms with Crippen LogP contribution < -0.4 is 9.47 Å². The van der Waals surface area contributed by atoms with Crippen molar-refractivity contribution in [3.05, 3.63) is 95.6 Å². The largest absolute Gasteiger partial charge is 0.497 e. The van der Waals surface area contributed by atoms with Crippen LogP contribution in [0.3, 0.4) is 0 Å². The first-order chi connectivity index (χ1) is 18.4. The molecule has 2 aliphatic heterocycles. The van der Waals surface area contributed by atoms with E-state index >= 15 is 0 Å². The zero-order valence-corrected chi connectivity index (χ0v) is 22.2. The molecule has 38 heavy (non-hydrogen) atoms. The maximum Gasteiger partial charge on any atom is 0.303 e. The van der Waals surface area contributed by atoms with Crippen LogP contribution in [-0.4, -0.2) is 67.6 Å². The monoisotopic (exact) mass is 517 g/mol. The van der Waals surface area contributed by atoms with E-state index in [0.717, 1.165) is 28.2 Å². The molecule has 2 saturated heterocycles. The summed E-state index contributed by atoms with van der Waals surface area (Å²) in [6.07, 6.45) is -0.449. The number of likely N-dealkylation sites (N-methyl/N-ethyl adjacent to an activating group) is 1. The van der Waals surface area contributed by atoms with Crippen molar-refractivity contribution in [2.45, 2.75) is 55.8 Å². The summed E-state index contributed by atoms with van der Waals surface area (Å²) in [7, 11) is 5.30. The van der Waals surface area contributed by atoms with E-state index in [-0.39, 0.29) is 18.1 Å². The van der Waals surface area contributed by atoms with Crippen molar-refractivity contribution < 1.29 is 28.8 Å². The zero-order chi connectivity index (χ0) is 26.9. The molecule has 0 aromatic heterocycles. The minimum Gasteiger partial charge on any atom is -0.497 e. The summed E-state index contributed by atoms with van der Waals surface area (Å²) >= 11 is 0. The number of carbonyl (C=O) groups is 1. The Balaban J connectivity index is 1.72. The first kappa shape index (κ1) is 26.2. The predicted molar refractivity (Wildman–Crippen MR) is 143 cm³/mol. The van der Waals surface area contributed by atoms with Gasteiger partial charge in [0.15, 0.2) is 0 Å². The van der Waals surface area contributed by atoms with Crippen molar-refractivity contribution in [1.29, 1.82) is 0 Å². The summed E-state index contributed by atoms with van der Waals surface area (Å²) in [4.78, 5) is 14.4. The highest BCUT2D eigenvalue weighted by Gasteiger charge is 2.57. The number of aliphatic hydroxyl groups is 1. The lowest BCUT2D eigenvalue weighted by molar-refractivity contribution is -0.160. The third-order valence-electron chi connectivity index (χ3n) is 7.94. The molecule has 7 heteroatoms. The van der Waals surface area contributed by atoms with Gasteiger partial charge in [-0.3, -0.25) is 9.69 Å². The molecule has 0 spiro atoms. The van der Waals surface area contributed by atoms with Crippen LogP contribution in [0.5, 0.6) is 11.5 Å². The van der Waals surface area contributed by atoms with E-state index in [4.69, 9.17) is 18.9 Å². The molecule has 2 fully saturated rings. The number of aliphatic hydroxyl groups excluding tert-OH is 1. The molecule has 7 nitrogen and oxygen atoms in total. The van der Waals surface area contributed by atoms with E-state index in [1.807, 2.05) is 73.8 Å². The second kappa shape index (κ2) is 10.8. The Morgan fingerprint density at radius 2 is 1.26 bits per heavy atom. The fourth-order valence-corrected chi connectivity index (χ4v) is 6.12. The van der Waals surface area contributed by atoms with Gasteiger partial charge < -0.3 is 24.1 Å². The highest BCUT2D eigenvalue weighted by atomic mass is 16.6. The first-order valence-corrected chi connectivity index (χ1v) is 13.0. The predicted octanol–water partition coefficient (Wildman–Crippen LogP) is 4.15. The minimum atomic E-state index is -1.05. The molecule has 2 bridgehead atoms. The molecule has 200 valence electrons. The number of hydrogen-bond acceptors (Lipinski definition) is 7. The molecule has 0 saturated carbocycles. The fourth-order valence-electron chi connectivity index (χ4n) is 6.12. The van der Waals surface area contributed by atoms with Crippen LogP contribution in [0, 0.1) is 0 Å². The average Bonchev–Trinajstić information content (AvgIpc) is 3.07. The molecular weight excluding hydrogens is 482 g/mol. The summed E-state index contributed by atoms with van der Waals surface area (Å²) in [5, 5.41) is 10.7. The SMILES string of the molecule is COc1ccc(C(O[C@H]2[C@@H](OC(C)=O)[C@@H]3CC(O)C[C@H]2N3C)(c2ccccc2)c2ccc(OC)cc2)cc1. The van der Waals surface area contributed by atoms with Crippen LogP contribution in [0.1, 0.15) is 36.5 Å². The molecule has 3 aromatic carbocycles. The quantitative estimate of drug-likeness (QED) is 0.355. The van der Waals surface area contributed by atoms with Gasteiger partial charge in [0.25, 0.3) is 0 Å². The number of esters is 1. The molecular formula is C31H35NO6. The lowest BCUT2D eigenvalue weighted by atomic mass is 9.79. The van der Waals surface area contributed by atoms with Gasteiger partial charge in [0.05, 0.1) is 26.4 Å². The zero-order valence-electron chi connectivity index (χ0n) is 22.2. The van der Waals surface area contributed by atoms with E-state index in [1.165, 1.54) is 6.92 Å². The van der Waals surface area contributed by atoms with Gasteiger partial charge in [0, 0.05) is 13.0 Å². The van der Waals surface area contributed by atoms with E-state index in [1.54, 1.807) is 14.2 Å². The number of carbonyl (C=O) groups excluding carboxylic acids is 1. The second-order valence-corrected chi connectivity index (χ2v) is 10.1. The Hall–Kier alpha value is -3.39. The van der Waals surface area contributed by atoms with E-state index in [0.29, 0.717) is 12.8 Å². The summed E-state index contributed by atoms with van der Waals surface area (Å²) in [6.45, 7) is 1.42. The summed E-state index contributed by atoms with van der Waals surface area (Å²) in [5.41, 5.74) is 1.69. The third-order valence-corrected chi connectivity index (χ3v) is 7.94. The molecule has 3 aromatic rings. The topological polar surface area (TPSA) is 77.5 Å². The van der Waals surface area contributed by atoms with Crippen molar-refractivity contribution in [3.8, 4) is 11.5 Å². The standard InChI is InChI=1S/C31H35NO6/c1-20(33)37-29-27-18-24(34)19-28(32(27)2)30(29)38-31(21-8-6-5-7-9-21,22-10-14-25(35-3)15-11-22)23-12-16-26(36-4)17-13-23/h5-17,24,27-30,34H,18-19H2,1-4H3/t24?,27-,28+,29-,30+/m0/s1. The summed E-state index contributed by atoms with van der Waals surface area (Å²) < 4.78 is 24.2. The third kappa shape index (κ3) is 4.66. The number of piperidine rings is 1. The van der Waals surface area contributed by atoms with Crippen LogP contribution in [0.15, 0.2) is 78.9 Å². The van der Waals surface area contributed by atoms with Crippen LogP contribution in [0.25, 0.3) is 0 Å². The van der Waals surface area contributed by atoms with Gasteiger partial charge in [0.1, 0.15) is 29.3 Å². The molecule has 1 unspecified atom stereocenters. The van der Waals surface area contributed by atoms with Crippen LogP contribution in [-0.2, 0) is 19.9 Å². The van der Waals surface area contributed by atoms with Crippen molar-refractivity contribution in [1.82, 2.24) is 4.90 Å². The van der Waals surface area contributed by atoms with Crippen molar-refractivity contribution >= 4 is 5.97 Å². The number of benzene rings is 3. The number of nitrogens with zero attached hydrogens (tertiary/aromatic N) is 1. The van der Waals surface area contributed by atoms with Crippen molar-refractivity contribution in [2.24, 2.45) is 0 Å². The number of rotatable bonds is 8. The van der Waals surface area contributed by atoms with Gasteiger partial charge in [-0.2, -0.15) is 0 Å². The van der Waals surface area contributed by atoms with Gasteiger partial charge >= 0.3 is 5.97 Å². The fraction of sp³-hybridized carbons (Fsp3) is 0.387. The smallest absolute Gasteiger partial charge is 0.303 e. The van der Waals surface area contributed by atoms with E-state index in [2.05, 4.69) is 17.0 Å². The highest BCUT2D eigenvalue weighted by molar-refractivity contribution is 5.66. The Labute approximate surface area is 223 Å². The van der Waals surface area contributed by atoms with Gasteiger partial charge in [-0.05, 0) is 60.8 Å². The first-order valence-electron chi connectivity index (χ1n) is 13.0. The maximum atomic E-state index is 12.3. The maximum absolute atomic E-state index is 12.3. The second-order valence-electron chi connectivity index (χ2n) is 10.1. The molecule has 0 radical (unpaired) electrons. The molecule has 0 amide bonds. The lowest BCUT2D eigenvalue weighted by Gasteiger charge is -2.41. The normalized spacial score (nSPS) is 25.1. The molecule has 2 aliphatic rings. The van der Waals surface area contributed by atoms with Crippen LogP contribution >= 0.6 is 0 Å². The average molecular weight is 518 g/mol. The van der Waals surface area contributed by atoms with Gasteiger partial charge in [0.2, 0.25) is 0 Å². The minimum absolute atomic E-state index is 0.132. The van der Waals surface area contributed by atoms with Gasteiger partial charge in [-0.1, -0.05) is 54.6 Å². The van der Waals surface area contributed by atoms with Crippen molar-refractivity contribution in [2.75, 3.05) is 21.3 Å². The molecule has 2 heterocycles.